The summed E-state index contributed by atoms with van der Waals surface area (Å²) in [6.07, 6.45) is 6.64. The number of benzene rings is 3. The molecular formula is C30H39N3O. The quantitative estimate of drug-likeness (QED) is 0.398. The van der Waals surface area contributed by atoms with E-state index in [4.69, 9.17) is 4.74 Å². The Labute approximate surface area is 205 Å². The van der Waals surface area contributed by atoms with Gasteiger partial charge < -0.3 is 14.5 Å². The van der Waals surface area contributed by atoms with Gasteiger partial charge >= 0.3 is 0 Å². The number of fused-ring (bicyclic) bond motifs is 1. The largest absolute Gasteiger partial charge is 0.494 e. The zero-order valence-electron chi connectivity index (χ0n) is 20.5. The Morgan fingerprint density at radius 1 is 0.647 bits per heavy atom. The van der Waals surface area contributed by atoms with Crippen molar-refractivity contribution in [2.24, 2.45) is 0 Å². The third kappa shape index (κ3) is 6.11. The van der Waals surface area contributed by atoms with E-state index in [1.165, 1.54) is 67.3 Å². The second kappa shape index (κ2) is 11.7. The van der Waals surface area contributed by atoms with Crippen LogP contribution in [0.3, 0.4) is 0 Å². The highest BCUT2D eigenvalue weighted by molar-refractivity contribution is 5.94. The highest BCUT2D eigenvalue weighted by atomic mass is 16.5. The minimum atomic E-state index is 0.811. The lowest BCUT2D eigenvalue weighted by Gasteiger charge is -2.36. The second-order valence-electron chi connectivity index (χ2n) is 9.86. The molecule has 0 radical (unpaired) electrons. The highest BCUT2D eigenvalue weighted by Crippen LogP contribution is 2.27. The molecule has 0 aliphatic carbocycles. The van der Waals surface area contributed by atoms with Crippen LogP contribution in [0.4, 0.5) is 5.69 Å². The summed E-state index contributed by atoms with van der Waals surface area (Å²) in [7, 11) is 0. The van der Waals surface area contributed by atoms with Gasteiger partial charge in [-0.25, -0.2) is 0 Å². The van der Waals surface area contributed by atoms with Gasteiger partial charge in [0.1, 0.15) is 5.75 Å². The van der Waals surface area contributed by atoms with Crippen molar-refractivity contribution in [1.29, 1.82) is 0 Å². The average molecular weight is 458 g/mol. The van der Waals surface area contributed by atoms with Gasteiger partial charge in [-0.2, -0.15) is 0 Å². The van der Waals surface area contributed by atoms with Crippen molar-refractivity contribution >= 4 is 16.5 Å². The predicted molar refractivity (Wildman–Crippen MR) is 143 cm³/mol. The normalized spacial score (nSPS) is 18.2. The molecule has 180 valence electrons. The van der Waals surface area contributed by atoms with Gasteiger partial charge in [0.05, 0.1) is 6.61 Å². The maximum atomic E-state index is 6.02. The summed E-state index contributed by atoms with van der Waals surface area (Å²) in [6.45, 7) is 9.87. The Kier molecular flexibility index (Phi) is 8.00. The molecule has 4 nitrogen and oxygen atoms in total. The molecule has 2 fully saturated rings. The lowest BCUT2D eigenvalue weighted by molar-refractivity contribution is 0.239. The van der Waals surface area contributed by atoms with Crippen molar-refractivity contribution in [2.45, 2.75) is 38.6 Å². The summed E-state index contributed by atoms with van der Waals surface area (Å²) in [5.41, 5.74) is 2.74. The topological polar surface area (TPSA) is 19.0 Å². The van der Waals surface area contributed by atoms with E-state index >= 15 is 0 Å². The molecule has 3 aromatic rings. The lowest BCUT2D eigenvalue weighted by atomic mass is 10.1. The minimum absolute atomic E-state index is 0.811. The van der Waals surface area contributed by atoms with Crippen LogP contribution in [0.5, 0.6) is 5.75 Å². The van der Waals surface area contributed by atoms with Crippen molar-refractivity contribution in [2.75, 3.05) is 57.3 Å². The Morgan fingerprint density at radius 2 is 1.38 bits per heavy atom. The van der Waals surface area contributed by atoms with Crippen molar-refractivity contribution in [3.63, 3.8) is 0 Å². The number of likely N-dealkylation sites (tertiary alicyclic amines) is 1. The van der Waals surface area contributed by atoms with Crippen LogP contribution >= 0.6 is 0 Å². The summed E-state index contributed by atoms with van der Waals surface area (Å²) in [5.74, 6) is 1.00. The maximum absolute atomic E-state index is 6.02. The van der Waals surface area contributed by atoms with E-state index in [2.05, 4.69) is 81.4 Å². The molecule has 0 aromatic heterocycles. The molecule has 0 N–H and O–H groups in total. The number of hydrogen-bond donors (Lipinski definition) is 0. The highest BCUT2D eigenvalue weighted by Gasteiger charge is 2.18. The van der Waals surface area contributed by atoms with Gasteiger partial charge in [-0.05, 0) is 61.5 Å². The Hall–Kier alpha value is -2.56. The number of ether oxygens (including phenoxy) is 1. The number of hydrogen-bond acceptors (Lipinski definition) is 4. The minimum Gasteiger partial charge on any atom is -0.494 e. The molecule has 2 heterocycles. The molecule has 4 heteroatoms. The van der Waals surface area contributed by atoms with Crippen LogP contribution in [0.25, 0.3) is 10.8 Å². The predicted octanol–water partition coefficient (Wildman–Crippen LogP) is 5.81. The van der Waals surface area contributed by atoms with Gasteiger partial charge in [0, 0.05) is 50.3 Å². The van der Waals surface area contributed by atoms with Crippen molar-refractivity contribution in [3.05, 3.63) is 72.3 Å². The molecule has 5 rings (SSSR count). The van der Waals surface area contributed by atoms with Crippen LogP contribution in [-0.2, 0) is 6.54 Å². The van der Waals surface area contributed by atoms with Crippen LogP contribution in [0.15, 0.2) is 66.7 Å². The van der Waals surface area contributed by atoms with Crippen molar-refractivity contribution < 1.29 is 4.74 Å². The Balaban J connectivity index is 1.05. The zero-order chi connectivity index (χ0) is 23.0. The van der Waals surface area contributed by atoms with Gasteiger partial charge in [0.25, 0.3) is 0 Å². The first kappa shape index (κ1) is 23.2. The smallest absolute Gasteiger partial charge is 0.119 e. The van der Waals surface area contributed by atoms with Gasteiger partial charge in [-0.15, -0.1) is 0 Å². The van der Waals surface area contributed by atoms with E-state index in [-0.39, 0.29) is 0 Å². The molecule has 2 saturated heterocycles. The molecule has 2 aliphatic rings. The van der Waals surface area contributed by atoms with E-state index in [0.29, 0.717) is 0 Å². The van der Waals surface area contributed by atoms with Gasteiger partial charge in [-0.1, -0.05) is 61.4 Å². The van der Waals surface area contributed by atoms with Crippen LogP contribution in [0, 0.1) is 0 Å². The third-order valence-corrected chi connectivity index (χ3v) is 7.40. The van der Waals surface area contributed by atoms with Crippen molar-refractivity contribution in [1.82, 2.24) is 9.80 Å². The Bertz CT molecular complexity index is 1010. The molecule has 0 spiro atoms. The summed E-state index contributed by atoms with van der Waals surface area (Å²) in [6, 6.07) is 24.1. The van der Waals surface area contributed by atoms with Gasteiger partial charge in [0.2, 0.25) is 0 Å². The van der Waals surface area contributed by atoms with Crippen LogP contribution in [0.2, 0.25) is 0 Å². The van der Waals surface area contributed by atoms with E-state index in [0.717, 1.165) is 51.5 Å². The molecule has 34 heavy (non-hydrogen) atoms. The maximum Gasteiger partial charge on any atom is 0.119 e. The third-order valence-electron chi connectivity index (χ3n) is 7.40. The Morgan fingerprint density at radius 3 is 2.18 bits per heavy atom. The SMILES string of the molecule is c1ccc2c(N3CCN(Cc4ccc(OCCCN5CCCCCC5)cc4)CC3)cccc2c1. The standard InChI is InChI=1S/C30H39N3O/c1-2-6-18-31(17-5-1)19-8-24-34-28-15-13-26(14-16-28)25-32-20-22-33(23-21-32)30-12-7-10-27-9-3-4-11-29(27)30/h3-4,7,9-16H,1-2,5-6,8,17-25H2. The fourth-order valence-electron chi connectivity index (χ4n) is 5.42. The molecule has 0 saturated carbocycles. The molecular weight excluding hydrogens is 418 g/mol. The first-order valence-electron chi connectivity index (χ1n) is 13.2. The molecule has 2 aliphatic heterocycles. The molecule has 0 atom stereocenters. The summed E-state index contributed by atoms with van der Waals surface area (Å²) >= 11 is 0. The zero-order valence-corrected chi connectivity index (χ0v) is 20.5. The van der Waals surface area contributed by atoms with E-state index in [1.807, 2.05) is 0 Å². The van der Waals surface area contributed by atoms with Crippen LogP contribution < -0.4 is 9.64 Å². The number of rotatable bonds is 8. The van der Waals surface area contributed by atoms with Gasteiger partial charge in [-0.3, -0.25) is 4.90 Å². The van der Waals surface area contributed by atoms with Crippen LogP contribution in [-0.4, -0.2) is 62.2 Å². The summed E-state index contributed by atoms with van der Waals surface area (Å²) in [5, 5.41) is 2.69. The lowest BCUT2D eigenvalue weighted by Crippen LogP contribution is -2.46. The number of nitrogens with zero attached hydrogens (tertiary/aromatic N) is 3. The first-order chi connectivity index (χ1) is 16.8. The van der Waals surface area contributed by atoms with Crippen molar-refractivity contribution in [3.8, 4) is 5.75 Å². The summed E-state index contributed by atoms with van der Waals surface area (Å²) in [4.78, 5) is 7.72. The van der Waals surface area contributed by atoms with Crippen LogP contribution in [0.1, 0.15) is 37.7 Å². The molecule has 3 aromatic carbocycles. The number of piperazine rings is 1. The fraction of sp³-hybridized carbons (Fsp3) is 0.467. The fourth-order valence-corrected chi connectivity index (χ4v) is 5.42. The average Bonchev–Trinajstić information content (AvgIpc) is 3.17. The van der Waals surface area contributed by atoms with E-state index in [9.17, 15) is 0 Å². The molecule has 0 unspecified atom stereocenters. The van der Waals surface area contributed by atoms with E-state index < -0.39 is 0 Å². The monoisotopic (exact) mass is 457 g/mol. The van der Waals surface area contributed by atoms with E-state index in [1.54, 1.807) is 0 Å². The second-order valence-corrected chi connectivity index (χ2v) is 9.86. The summed E-state index contributed by atoms with van der Waals surface area (Å²) < 4.78 is 6.02. The first-order valence-corrected chi connectivity index (χ1v) is 13.2. The van der Waals surface area contributed by atoms with Gasteiger partial charge in [0.15, 0.2) is 0 Å². The molecule has 0 bridgehead atoms. The number of anilines is 1. The molecule has 0 amide bonds.